The first-order chi connectivity index (χ1) is 9.74. The summed E-state index contributed by atoms with van der Waals surface area (Å²) >= 11 is 0. The molecule has 6 nitrogen and oxygen atoms in total. The second-order valence-corrected chi connectivity index (χ2v) is 4.30. The highest BCUT2D eigenvalue weighted by Crippen LogP contribution is 2.22. The molecule has 6 heteroatoms. The minimum atomic E-state index is -0.110. The highest BCUT2D eigenvalue weighted by atomic mass is 16.5. The molecule has 0 atom stereocenters. The smallest absolute Gasteiger partial charge is 0.260 e. The largest absolute Gasteiger partial charge is 0.497 e. The molecule has 1 saturated heterocycles. The fraction of sp³-hybridized carbons (Fsp3) is 0.429. The number of morpholine rings is 1. The molecule has 0 N–H and O–H groups in total. The zero-order valence-corrected chi connectivity index (χ0v) is 11.3. The van der Waals surface area contributed by atoms with Gasteiger partial charge in [-0.3, -0.25) is 9.59 Å². The van der Waals surface area contributed by atoms with Gasteiger partial charge in [-0.15, -0.1) is 0 Å². The van der Waals surface area contributed by atoms with E-state index in [9.17, 15) is 9.59 Å². The van der Waals surface area contributed by atoms with Crippen molar-refractivity contribution in [3.63, 3.8) is 0 Å². The number of nitrogens with zero attached hydrogens (tertiary/aromatic N) is 1. The van der Waals surface area contributed by atoms with E-state index in [0.29, 0.717) is 49.7 Å². The van der Waals surface area contributed by atoms with E-state index in [4.69, 9.17) is 14.2 Å². The van der Waals surface area contributed by atoms with Gasteiger partial charge in [-0.2, -0.15) is 0 Å². The summed E-state index contributed by atoms with van der Waals surface area (Å²) in [4.78, 5) is 24.6. The number of amides is 1. The van der Waals surface area contributed by atoms with E-state index in [1.54, 1.807) is 23.1 Å². The Kier molecular flexibility index (Phi) is 4.95. The van der Waals surface area contributed by atoms with Gasteiger partial charge in [0.05, 0.1) is 25.9 Å². The molecular weight excluding hydrogens is 262 g/mol. The van der Waals surface area contributed by atoms with Gasteiger partial charge in [0, 0.05) is 13.1 Å². The number of carbonyl (C=O) groups is 2. The van der Waals surface area contributed by atoms with Crippen LogP contribution in [0.4, 0.5) is 0 Å². The molecule has 1 aliphatic heterocycles. The van der Waals surface area contributed by atoms with Gasteiger partial charge in [-0.05, 0) is 18.2 Å². The molecule has 0 bridgehead atoms. The van der Waals surface area contributed by atoms with Crippen molar-refractivity contribution in [2.75, 3.05) is 40.0 Å². The number of methoxy groups -OCH3 is 1. The fourth-order valence-corrected chi connectivity index (χ4v) is 1.92. The van der Waals surface area contributed by atoms with Crippen LogP contribution in [0.25, 0.3) is 0 Å². The van der Waals surface area contributed by atoms with Crippen molar-refractivity contribution in [3.8, 4) is 11.5 Å². The van der Waals surface area contributed by atoms with Crippen LogP contribution in [-0.4, -0.2) is 57.1 Å². The first kappa shape index (κ1) is 14.3. The lowest BCUT2D eigenvalue weighted by Crippen LogP contribution is -2.43. The van der Waals surface area contributed by atoms with E-state index in [2.05, 4.69) is 0 Å². The summed E-state index contributed by atoms with van der Waals surface area (Å²) in [5.41, 5.74) is 0.360. The van der Waals surface area contributed by atoms with Gasteiger partial charge in [0.1, 0.15) is 11.5 Å². The van der Waals surface area contributed by atoms with Crippen LogP contribution in [0.2, 0.25) is 0 Å². The third-order valence-electron chi connectivity index (χ3n) is 3.06. The van der Waals surface area contributed by atoms with Gasteiger partial charge in [-0.1, -0.05) is 0 Å². The molecule has 1 aromatic rings. The Morgan fingerprint density at radius 1 is 1.40 bits per heavy atom. The Morgan fingerprint density at radius 3 is 2.80 bits per heavy atom. The van der Waals surface area contributed by atoms with Crippen molar-refractivity contribution < 1.29 is 23.8 Å². The topological polar surface area (TPSA) is 65.1 Å². The van der Waals surface area contributed by atoms with E-state index in [-0.39, 0.29) is 12.5 Å². The summed E-state index contributed by atoms with van der Waals surface area (Å²) in [5, 5.41) is 0. The molecule has 1 amide bonds. The average molecular weight is 279 g/mol. The van der Waals surface area contributed by atoms with E-state index >= 15 is 0 Å². The number of benzene rings is 1. The molecule has 1 fully saturated rings. The molecule has 0 radical (unpaired) electrons. The Labute approximate surface area is 117 Å². The first-order valence-electron chi connectivity index (χ1n) is 6.36. The SMILES string of the molecule is COc1ccc(OCC(=O)N2CCOCC2)c(C=O)c1. The fourth-order valence-electron chi connectivity index (χ4n) is 1.92. The molecule has 0 unspecified atom stereocenters. The summed E-state index contributed by atoms with van der Waals surface area (Å²) < 4.78 is 15.6. The molecule has 0 spiro atoms. The highest BCUT2D eigenvalue weighted by Gasteiger charge is 2.17. The van der Waals surface area contributed by atoms with Crippen LogP contribution in [0.15, 0.2) is 18.2 Å². The van der Waals surface area contributed by atoms with Crippen molar-refractivity contribution in [3.05, 3.63) is 23.8 Å². The molecule has 0 saturated carbocycles. The Morgan fingerprint density at radius 2 is 2.15 bits per heavy atom. The molecule has 0 aromatic heterocycles. The summed E-state index contributed by atoms with van der Waals surface area (Å²) in [6.07, 6.45) is 0.678. The van der Waals surface area contributed by atoms with Crippen LogP contribution in [0, 0.1) is 0 Å². The quantitative estimate of drug-likeness (QED) is 0.744. The molecule has 2 rings (SSSR count). The number of aldehydes is 1. The lowest BCUT2D eigenvalue weighted by molar-refractivity contribution is -0.137. The lowest BCUT2D eigenvalue weighted by atomic mass is 10.2. The number of hydrogen-bond donors (Lipinski definition) is 0. The predicted octanol–water partition coefficient (Wildman–Crippen LogP) is 0.745. The molecule has 1 aliphatic rings. The molecule has 108 valence electrons. The third-order valence-corrected chi connectivity index (χ3v) is 3.06. The predicted molar refractivity (Wildman–Crippen MR) is 71.3 cm³/mol. The van der Waals surface area contributed by atoms with Gasteiger partial charge in [-0.25, -0.2) is 0 Å². The van der Waals surface area contributed by atoms with Gasteiger partial charge in [0.2, 0.25) is 0 Å². The molecular formula is C14H17NO5. The maximum absolute atomic E-state index is 11.9. The zero-order valence-electron chi connectivity index (χ0n) is 11.3. The van der Waals surface area contributed by atoms with E-state index in [1.165, 1.54) is 7.11 Å². The van der Waals surface area contributed by atoms with Gasteiger partial charge < -0.3 is 19.1 Å². The van der Waals surface area contributed by atoms with Crippen LogP contribution in [0.1, 0.15) is 10.4 Å². The number of hydrogen-bond acceptors (Lipinski definition) is 5. The van der Waals surface area contributed by atoms with Gasteiger partial charge >= 0.3 is 0 Å². The van der Waals surface area contributed by atoms with E-state index in [1.807, 2.05) is 0 Å². The summed E-state index contributed by atoms with van der Waals surface area (Å²) in [6, 6.07) is 4.87. The summed E-state index contributed by atoms with van der Waals surface area (Å²) in [6.45, 7) is 2.16. The standard InChI is InChI=1S/C14H17NO5/c1-18-12-2-3-13(11(8-12)9-16)20-10-14(17)15-4-6-19-7-5-15/h2-3,8-9H,4-7,10H2,1H3. The van der Waals surface area contributed by atoms with Crippen LogP contribution in [0.5, 0.6) is 11.5 Å². The van der Waals surface area contributed by atoms with E-state index in [0.717, 1.165) is 0 Å². The Hall–Kier alpha value is -2.08. The minimum Gasteiger partial charge on any atom is -0.497 e. The lowest BCUT2D eigenvalue weighted by Gasteiger charge is -2.26. The van der Waals surface area contributed by atoms with Gasteiger partial charge in [0.25, 0.3) is 5.91 Å². The van der Waals surface area contributed by atoms with Crippen molar-refractivity contribution in [2.45, 2.75) is 0 Å². The van der Waals surface area contributed by atoms with Crippen molar-refractivity contribution in [2.24, 2.45) is 0 Å². The number of carbonyl (C=O) groups excluding carboxylic acids is 2. The monoisotopic (exact) mass is 279 g/mol. The number of rotatable bonds is 5. The van der Waals surface area contributed by atoms with Gasteiger partial charge in [0.15, 0.2) is 12.9 Å². The van der Waals surface area contributed by atoms with Crippen molar-refractivity contribution in [1.29, 1.82) is 0 Å². The molecule has 20 heavy (non-hydrogen) atoms. The minimum absolute atomic E-state index is 0.0901. The average Bonchev–Trinajstić information content (AvgIpc) is 2.53. The van der Waals surface area contributed by atoms with Crippen LogP contribution in [0.3, 0.4) is 0 Å². The van der Waals surface area contributed by atoms with Crippen LogP contribution >= 0.6 is 0 Å². The summed E-state index contributed by atoms with van der Waals surface area (Å²) in [7, 11) is 1.52. The summed E-state index contributed by atoms with van der Waals surface area (Å²) in [5.74, 6) is 0.835. The van der Waals surface area contributed by atoms with Crippen LogP contribution < -0.4 is 9.47 Å². The van der Waals surface area contributed by atoms with Crippen molar-refractivity contribution >= 4 is 12.2 Å². The van der Waals surface area contributed by atoms with E-state index < -0.39 is 0 Å². The first-order valence-corrected chi connectivity index (χ1v) is 6.36. The van der Waals surface area contributed by atoms with Crippen molar-refractivity contribution in [1.82, 2.24) is 4.90 Å². The van der Waals surface area contributed by atoms with Crippen LogP contribution in [-0.2, 0) is 9.53 Å². The molecule has 1 heterocycles. The third kappa shape index (κ3) is 3.48. The highest BCUT2D eigenvalue weighted by molar-refractivity contribution is 5.81. The molecule has 1 aromatic carbocycles. The Balaban J connectivity index is 1.96. The second kappa shape index (κ2) is 6.91. The molecule has 0 aliphatic carbocycles. The Bertz CT molecular complexity index is 482. The maximum Gasteiger partial charge on any atom is 0.260 e. The maximum atomic E-state index is 11.9. The normalized spacial score (nSPS) is 14.8. The number of ether oxygens (including phenoxy) is 3. The second-order valence-electron chi connectivity index (χ2n) is 4.30. The zero-order chi connectivity index (χ0) is 14.4.